The van der Waals surface area contributed by atoms with Crippen molar-refractivity contribution in [2.24, 2.45) is 0 Å². The van der Waals surface area contributed by atoms with Crippen molar-refractivity contribution in [3.63, 3.8) is 0 Å². The van der Waals surface area contributed by atoms with E-state index < -0.39 is 53.2 Å². The van der Waals surface area contributed by atoms with Crippen LogP contribution in [-0.2, 0) is 60.6 Å². The summed E-state index contributed by atoms with van der Waals surface area (Å²) in [4.78, 5) is 140. The van der Waals surface area contributed by atoms with E-state index in [-0.39, 0.29) is 126 Å². The molecular formula is C83H105N9O15. The van der Waals surface area contributed by atoms with E-state index >= 15 is 0 Å². The second-order valence-corrected chi connectivity index (χ2v) is 29.9. The summed E-state index contributed by atoms with van der Waals surface area (Å²) in [7, 11) is 0. The molecule has 0 radical (unpaired) electrons. The Morgan fingerprint density at radius 3 is 1.06 bits per heavy atom. The Morgan fingerprint density at radius 2 is 0.729 bits per heavy atom. The Hall–Kier alpha value is -10.8. The first kappa shape index (κ1) is 81.9. The summed E-state index contributed by atoms with van der Waals surface area (Å²) in [5.41, 5.74) is 8.23. The van der Waals surface area contributed by atoms with E-state index in [0.717, 1.165) is 44.5 Å². The lowest BCUT2D eigenvalue weighted by molar-refractivity contribution is -0.139. The van der Waals surface area contributed by atoms with Crippen molar-refractivity contribution in [2.75, 3.05) is 78.6 Å². The molecule has 7 heterocycles. The quantitative estimate of drug-likeness (QED) is 0.0288. The molecule has 0 saturated carbocycles. The molecule has 8 aliphatic rings. The van der Waals surface area contributed by atoms with Gasteiger partial charge < -0.3 is 70.2 Å². The molecule has 14 rings (SSSR count). The molecule has 572 valence electrons. The monoisotopic (exact) mass is 1470 g/mol. The topological polar surface area (TPSA) is 301 Å². The molecule has 8 bridgehead atoms. The maximum absolute atomic E-state index is 14.5. The number of nitrogens with one attached hydrogen (secondary N) is 5. The fraction of sp³-hybridized carbons (Fsp3) is 0.446. The van der Waals surface area contributed by atoms with Gasteiger partial charge in [0.25, 0.3) is 0 Å². The molecule has 107 heavy (non-hydrogen) atoms. The maximum atomic E-state index is 14.5. The fourth-order valence-corrected chi connectivity index (χ4v) is 12.7. The molecule has 1 aliphatic carbocycles. The standard InChI is InChI=1S/C83H105N9O15/c1-81(2,3)105-77(100)85-47-43-73(95)90-51-17-16-50-89(72(94)42-41-71(93)84-46-15-14-24-70(76(98)99)88-80(103)104-56-69-67-22-12-10-20-65(67)66-21-11-13-23-68(66)69)61-33-25-57(26-34-61)54-58-27-37-63(38-28-58)91(74(96)44-48-86-78(101)106-82(4,5)6)52-18-19-53-92(75(97)45-49-87-79(102)107-83(7,8)9)64-39-31-60(32-40-64)55-59-29-35-62(90)36-30-59/h10-13,20-23,25-40,69-70H,14-19,24,41-56H2,1-9H3,(H,84,93)(H,85,100)(H,86,101)(H,87,102)(H,88,103)(H,98,99). The predicted octanol–water partition coefficient (Wildman–Crippen LogP) is 13.3. The Balaban J connectivity index is 0.967. The zero-order valence-corrected chi connectivity index (χ0v) is 63.2. The number of aliphatic carboxylic acids is 1. The van der Waals surface area contributed by atoms with Gasteiger partial charge in [0.15, 0.2) is 0 Å². The zero-order valence-electron chi connectivity index (χ0n) is 63.2. The highest BCUT2D eigenvalue weighted by molar-refractivity contribution is 5.97. The van der Waals surface area contributed by atoms with Crippen molar-refractivity contribution in [2.45, 2.75) is 181 Å². The van der Waals surface area contributed by atoms with Crippen molar-refractivity contribution in [3.8, 4) is 11.1 Å². The van der Waals surface area contributed by atoms with E-state index in [1.165, 1.54) is 0 Å². The van der Waals surface area contributed by atoms with E-state index in [0.29, 0.717) is 80.7 Å². The number of carbonyl (C=O) groups is 10. The number of ether oxygens (including phenoxy) is 4. The van der Waals surface area contributed by atoms with E-state index in [1.807, 2.05) is 146 Å². The van der Waals surface area contributed by atoms with Crippen LogP contribution in [0.3, 0.4) is 0 Å². The first-order valence-corrected chi connectivity index (χ1v) is 37.0. The Morgan fingerprint density at radius 1 is 0.402 bits per heavy atom. The van der Waals surface area contributed by atoms with E-state index in [4.69, 9.17) is 18.9 Å². The molecule has 1 atom stereocenters. The van der Waals surface area contributed by atoms with Gasteiger partial charge in [-0.3, -0.25) is 24.0 Å². The molecule has 0 spiro atoms. The predicted molar refractivity (Wildman–Crippen MR) is 412 cm³/mol. The highest BCUT2D eigenvalue weighted by Crippen LogP contribution is 2.44. The van der Waals surface area contributed by atoms with E-state index in [2.05, 4.69) is 26.6 Å². The first-order chi connectivity index (χ1) is 50.9. The number of carboxylic acid groups (broad SMARTS) is 1. The molecule has 24 heteroatoms. The van der Waals surface area contributed by atoms with Crippen molar-refractivity contribution >= 4 is 82.6 Å². The summed E-state index contributed by atoms with van der Waals surface area (Å²) >= 11 is 0. The van der Waals surface area contributed by atoms with Gasteiger partial charge in [0.05, 0.1) is 0 Å². The lowest BCUT2D eigenvalue weighted by atomic mass is 9.98. The molecule has 9 amide bonds. The van der Waals surface area contributed by atoms with Gasteiger partial charge in [-0.1, -0.05) is 97.1 Å². The third-order valence-corrected chi connectivity index (χ3v) is 17.8. The third-order valence-electron chi connectivity index (χ3n) is 17.8. The van der Waals surface area contributed by atoms with Crippen LogP contribution < -0.4 is 46.2 Å². The van der Waals surface area contributed by atoms with Gasteiger partial charge in [-0.25, -0.2) is 24.0 Å². The van der Waals surface area contributed by atoms with Crippen molar-refractivity contribution in [1.82, 2.24) is 26.6 Å². The number of nitrogens with zero attached hydrogens (tertiary/aromatic N) is 4. The Kier molecular flexibility index (Phi) is 29.8. The van der Waals surface area contributed by atoms with Crippen LogP contribution in [0.2, 0.25) is 0 Å². The SMILES string of the molecule is CC(C)(C)OC(=O)NCCC(=O)N1CCCCN(C(=O)CCNC(=O)OC(C)(C)C)c2ccc(cc2)Cc2ccc(cc2)N(C(=O)CCC(=O)NCCCCC(NC(=O)OCC2c3ccccc3-c3ccccc32)C(=O)O)CCCCN(C(=O)CCNC(=O)OC(C)(C)C)c2ccc(cc2)Cc2ccc1cc2. The Labute approximate surface area is 628 Å². The highest BCUT2D eigenvalue weighted by Gasteiger charge is 2.31. The number of anilines is 4. The number of fused-ring (bicyclic) bond motifs is 3. The lowest BCUT2D eigenvalue weighted by Crippen LogP contribution is -2.41. The summed E-state index contributed by atoms with van der Waals surface area (Å²) in [5, 5.41) is 23.5. The summed E-state index contributed by atoms with van der Waals surface area (Å²) < 4.78 is 21.9. The van der Waals surface area contributed by atoms with Gasteiger partial charge in [0, 0.05) is 113 Å². The van der Waals surface area contributed by atoms with E-state index in [9.17, 15) is 53.1 Å². The smallest absolute Gasteiger partial charge is 0.407 e. The van der Waals surface area contributed by atoms with Gasteiger partial charge in [-0.05, 0) is 213 Å². The fourth-order valence-electron chi connectivity index (χ4n) is 12.7. The number of rotatable bonds is 21. The van der Waals surface area contributed by atoms with Crippen LogP contribution in [0.4, 0.5) is 41.9 Å². The van der Waals surface area contributed by atoms with Gasteiger partial charge in [0.1, 0.15) is 29.5 Å². The van der Waals surface area contributed by atoms with Crippen molar-refractivity contribution in [3.05, 3.63) is 179 Å². The minimum atomic E-state index is -1.22. The number of hydrogen-bond donors (Lipinski definition) is 6. The van der Waals surface area contributed by atoms with Crippen molar-refractivity contribution < 1.29 is 72.0 Å². The number of carbonyl (C=O) groups excluding carboxylic acids is 9. The van der Waals surface area contributed by atoms with Crippen LogP contribution in [-0.4, -0.2) is 147 Å². The molecule has 0 fully saturated rings. The highest BCUT2D eigenvalue weighted by atomic mass is 16.6. The summed E-state index contributed by atoms with van der Waals surface area (Å²) in [6.07, 6.45) is 0.619. The second-order valence-electron chi connectivity index (χ2n) is 29.9. The van der Waals surface area contributed by atoms with Crippen LogP contribution in [0.5, 0.6) is 0 Å². The van der Waals surface area contributed by atoms with Gasteiger partial charge in [-0.15, -0.1) is 0 Å². The normalized spacial score (nSPS) is 14.0. The van der Waals surface area contributed by atoms with Crippen LogP contribution >= 0.6 is 0 Å². The third kappa shape index (κ3) is 26.6. The first-order valence-electron chi connectivity index (χ1n) is 37.0. The van der Waals surface area contributed by atoms with Crippen LogP contribution in [0, 0.1) is 0 Å². The molecule has 1 unspecified atom stereocenters. The van der Waals surface area contributed by atoms with Gasteiger partial charge >= 0.3 is 30.3 Å². The molecule has 6 aromatic rings. The molecule has 6 N–H and O–H groups in total. The molecule has 0 saturated heterocycles. The number of unbranched alkanes of at least 4 members (excludes halogenated alkanes) is 1. The second kappa shape index (κ2) is 39.0. The maximum Gasteiger partial charge on any atom is 0.407 e. The van der Waals surface area contributed by atoms with Crippen molar-refractivity contribution in [1.29, 1.82) is 0 Å². The lowest BCUT2D eigenvalue weighted by Gasteiger charge is -2.26. The summed E-state index contributed by atoms with van der Waals surface area (Å²) in [6.45, 7) is 17.2. The zero-order chi connectivity index (χ0) is 77.3. The number of benzene rings is 6. The molecule has 7 aliphatic heterocycles. The number of hydrogen-bond acceptors (Lipinski definition) is 14. The average Bonchev–Trinajstić information content (AvgIpc) is 1.62. The summed E-state index contributed by atoms with van der Waals surface area (Å²) in [6, 6.07) is 45.1. The van der Waals surface area contributed by atoms with Crippen LogP contribution in [0.1, 0.15) is 179 Å². The minimum Gasteiger partial charge on any atom is -0.480 e. The van der Waals surface area contributed by atoms with Gasteiger partial charge in [-0.2, -0.15) is 0 Å². The average molecular weight is 1470 g/mol. The number of amides is 9. The molecule has 24 nitrogen and oxygen atoms in total. The number of carboxylic acids is 1. The van der Waals surface area contributed by atoms with Gasteiger partial charge in [0.2, 0.25) is 29.5 Å². The summed E-state index contributed by atoms with van der Waals surface area (Å²) in [5.74, 6) is -2.80. The molecular weight excluding hydrogens is 1360 g/mol. The molecule has 0 aromatic heterocycles. The molecule has 6 aromatic carbocycles. The minimum absolute atomic E-state index is 0.0116. The Bertz CT molecular complexity index is 3970. The van der Waals surface area contributed by atoms with Crippen LogP contribution in [0.25, 0.3) is 11.1 Å². The largest absolute Gasteiger partial charge is 0.480 e. The van der Waals surface area contributed by atoms with Crippen LogP contribution in [0.15, 0.2) is 146 Å². The van der Waals surface area contributed by atoms with E-state index in [1.54, 1.807) is 81.9 Å². The number of alkyl carbamates (subject to hydrolysis) is 4.